The summed E-state index contributed by atoms with van der Waals surface area (Å²) in [5, 5.41) is 4.47. The minimum Gasteiger partial charge on any atom is -0.369 e. The molecular weight excluding hydrogens is 334 g/mol. The smallest absolute Gasteiger partial charge is 0.148 e. The predicted octanol–water partition coefficient (Wildman–Crippen LogP) is 5.11. The van der Waals surface area contributed by atoms with Gasteiger partial charge in [0.2, 0.25) is 0 Å². The molecule has 3 heterocycles. The molecule has 0 bridgehead atoms. The summed E-state index contributed by atoms with van der Waals surface area (Å²) in [5.74, 6) is 2.35. The van der Waals surface area contributed by atoms with E-state index in [9.17, 15) is 0 Å². The number of pyridine rings is 1. The molecule has 2 aromatic heterocycles. The van der Waals surface area contributed by atoms with Crippen LogP contribution in [0.4, 0.5) is 11.6 Å². The molecule has 1 saturated heterocycles. The molecule has 1 aliphatic heterocycles. The van der Waals surface area contributed by atoms with Crippen molar-refractivity contribution in [1.29, 1.82) is 0 Å². The Bertz CT molecular complexity index is 828. The summed E-state index contributed by atoms with van der Waals surface area (Å²) in [6.45, 7) is 12.8. The number of anilines is 2. The lowest BCUT2D eigenvalue weighted by atomic mass is 9.95. The van der Waals surface area contributed by atoms with E-state index in [1.807, 2.05) is 39.8 Å². The first-order valence-electron chi connectivity index (χ1n) is 10.0. The lowest BCUT2D eigenvalue weighted by molar-refractivity contribution is 0.509. The lowest BCUT2D eigenvalue weighted by Gasteiger charge is -2.40. The SMILES string of the molecule is CC.CC.CCNc1nccnc1C1CN(c2ccc3ccccc3n2)C1. The molecule has 0 saturated carbocycles. The third-order valence-corrected chi connectivity index (χ3v) is 4.25. The van der Waals surface area contributed by atoms with Gasteiger partial charge in [-0.15, -0.1) is 0 Å². The maximum Gasteiger partial charge on any atom is 0.148 e. The van der Waals surface area contributed by atoms with Crippen LogP contribution in [-0.2, 0) is 0 Å². The van der Waals surface area contributed by atoms with E-state index in [1.165, 1.54) is 5.39 Å². The highest BCUT2D eigenvalue weighted by Gasteiger charge is 2.32. The first-order chi connectivity index (χ1) is 13.3. The van der Waals surface area contributed by atoms with E-state index < -0.39 is 0 Å². The fraction of sp³-hybridized carbons (Fsp3) is 0.409. The van der Waals surface area contributed by atoms with E-state index in [0.29, 0.717) is 5.92 Å². The van der Waals surface area contributed by atoms with Crippen molar-refractivity contribution in [3.05, 3.63) is 54.5 Å². The number of para-hydroxylation sites is 1. The second kappa shape index (κ2) is 10.5. The van der Waals surface area contributed by atoms with Gasteiger partial charge < -0.3 is 10.2 Å². The highest BCUT2D eigenvalue weighted by atomic mass is 15.2. The van der Waals surface area contributed by atoms with Gasteiger partial charge in [-0.3, -0.25) is 4.98 Å². The number of benzene rings is 1. The molecule has 4 rings (SSSR count). The van der Waals surface area contributed by atoms with Crippen LogP contribution in [-0.4, -0.2) is 34.6 Å². The average Bonchev–Trinajstić information content (AvgIpc) is 2.71. The molecule has 1 N–H and O–H groups in total. The van der Waals surface area contributed by atoms with Gasteiger partial charge in [-0.2, -0.15) is 0 Å². The molecule has 0 radical (unpaired) electrons. The maximum absolute atomic E-state index is 4.76. The zero-order valence-corrected chi connectivity index (χ0v) is 17.1. The fourth-order valence-electron chi connectivity index (χ4n) is 3.02. The second-order valence-corrected chi connectivity index (χ2v) is 5.78. The number of hydrogen-bond acceptors (Lipinski definition) is 5. The van der Waals surface area contributed by atoms with E-state index in [2.05, 4.69) is 51.4 Å². The molecule has 5 heteroatoms. The largest absolute Gasteiger partial charge is 0.369 e. The van der Waals surface area contributed by atoms with Gasteiger partial charge in [-0.1, -0.05) is 45.9 Å². The molecule has 27 heavy (non-hydrogen) atoms. The van der Waals surface area contributed by atoms with E-state index in [-0.39, 0.29) is 0 Å². The molecule has 0 amide bonds. The van der Waals surface area contributed by atoms with Crippen LogP contribution in [0.3, 0.4) is 0 Å². The number of hydrogen-bond donors (Lipinski definition) is 1. The predicted molar refractivity (Wildman–Crippen MR) is 116 cm³/mol. The third-order valence-electron chi connectivity index (χ3n) is 4.25. The Hall–Kier alpha value is -2.69. The molecule has 5 nitrogen and oxygen atoms in total. The van der Waals surface area contributed by atoms with Crippen molar-refractivity contribution >= 4 is 22.5 Å². The quantitative estimate of drug-likeness (QED) is 0.696. The van der Waals surface area contributed by atoms with Gasteiger partial charge in [0.1, 0.15) is 11.6 Å². The monoisotopic (exact) mass is 365 g/mol. The minimum absolute atomic E-state index is 0.408. The number of nitrogens with one attached hydrogen (secondary N) is 1. The molecule has 144 valence electrons. The minimum atomic E-state index is 0.408. The first kappa shape index (κ1) is 20.6. The summed E-state index contributed by atoms with van der Waals surface area (Å²) in [6.07, 6.45) is 3.51. The lowest BCUT2D eigenvalue weighted by Crippen LogP contribution is -2.46. The van der Waals surface area contributed by atoms with Crippen LogP contribution in [0.15, 0.2) is 48.8 Å². The Morgan fingerprint density at radius 2 is 1.67 bits per heavy atom. The Kier molecular flexibility index (Phi) is 7.99. The van der Waals surface area contributed by atoms with Crippen molar-refractivity contribution in [2.45, 2.75) is 40.5 Å². The number of aromatic nitrogens is 3. The van der Waals surface area contributed by atoms with Gasteiger partial charge in [0.05, 0.1) is 11.2 Å². The average molecular weight is 366 g/mol. The summed E-state index contributed by atoms with van der Waals surface area (Å²) in [5.41, 5.74) is 2.10. The number of rotatable bonds is 4. The van der Waals surface area contributed by atoms with Crippen molar-refractivity contribution in [3.8, 4) is 0 Å². The molecule has 1 aliphatic rings. The van der Waals surface area contributed by atoms with E-state index in [0.717, 1.165) is 42.5 Å². The molecule has 0 atom stereocenters. The van der Waals surface area contributed by atoms with Crippen LogP contribution in [0, 0.1) is 0 Å². The van der Waals surface area contributed by atoms with E-state index in [1.54, 1.807) is 12.4 Å². The van der Waals surface area contributed by atoms with E-state index in [4.69, 9.17) is 4.98 Å². The van der Waals surface area contributed by atoms with Crippen molar-refractivity contribution < 1.29 is 0 Å². The first-order valence-corrected chi connectivity index (χ1v) is 10.0. The topological polar surface area (TPSA) is 53.9 Å². The third kappa shape index (κ3) is 4.73. The highest BCUT2D eigenvalue weighted by molar-refractivity contribution is 5.80. The standard InChI is InChI=1S/C18H19N5.2C2H6/c1-2-19-18-17(20-9-10-21-18)14-11-23(12-14)16-8-7-13-5-3-4-6-15(13)22-16;2*1-2/h3-10,14H,2,11-12H2,1H3,(H,19,21);2*1-2H3. The fourth-order valence-corrected chi connectivity index (χ4v) is 3.02. The summed E-state index contributed by atoms with van der Waals surface area (Å²) < 4.78 is 0. The summed E-state index contributed by atoms with van der Waals surface area (Å²) in [4.78, 5) is 16.0. The number of fused-ring (bicyclic) bond motifs is 1. The molecule has 1 aromatic carbocycles. The van der Waals surface area contributed by atoms with Crippen molar-refractivity contribution in [2.24, 2.45) is 0 Å². The van der Waals surface area contributed by atoms with Crippen LogP contribution in [0.2, 0.25) is 0 Å². The van der Waals surface area contributed by atoms with Crippen molar-refractivity contribution in [1.82, 2.24) is 15.0 Å². The number of nitrogens with zero attached hydrogens (tertiary/aromatic N) is 4. The van der Waals surface area contributed by atoms with Gasteiger partial charge in [0.25, 0.3) is 0 Å². The molecular formula is C22H31N5. The summed E-state index contributed by atoms with van der Waals surface area (Å²) in [6, 6.07) is 12.5. The van der Waals surface area contributed by atoms with Gasteiger partial charge in [-0.25, -0.2) is 9.97 Å². The van der Waals surface area contributed by atoms with Gasteiger partial charge in [-0.05, 0) is 25.1 Å². The Morgan fingerprint density at radius 1 is 0.963 bits per heavy atom. The van der Waals surface area contributed by atoms with Crippen LogP contribution >= 0.6 is 0 Å². The maximum atomic E-state index is 4.76. The normalized spacial score (nSPS) is 13.0. The van der Waals surface area contributed by atoms with Crippen molar-refractivity contribution in [3.63, 3.8) is 0 Å². The van der Waals surface area contributed by atoms with Crippen LogP contribution in [0.5, 0.6) is 0 Å². The van der Waals surface area contributed by atoms with Crippen LogP contribution in [0.1, 0.15) is 46.2 Å². The Balaban J connectivity index is 0.000000614. The molecule has 3 aromatic rings. The van der Waals surface area contributed by atoms with Gasteiger partial charge in [0, 0.05) is 43.3 Å². The van der Waals surface area contributed by atoms with Crippen LogP contribution < -0.4 is 10.2 Å². The zero-order valence-electron chi connectivity index (χ0n) is 17.1. The van der Waals surface area contributed by atoms with Crippen molar-refractivity contribution in [2.75, 3.05) is 29.9 Å². The second-order valence-electron chi connectivity index (χ2n) is 5.78. The molecule has 0 aliphatic carbocycles. The van der Waals surface area contributed by atoms with Gasteiger partial charge >= 0.3 is 0 Å². The summed E-state index contributed by atoms with van der Waals surface area (Å²) in [7, 11) is 0. The zero-order chi connectivity index (χ0) is 19.6. The highest BCUT2D eigenvalue weighted by Crippen LogP contribution is 2.32. The van der Waals surface area contributed by atoms with Crippen LogP contribution in [0.25, 0.3) is 10.9 Å². The molecule has 0 spiro atoms. The Morgan fingerprint density at radius 3 is 2.41 bits per heavy atom. The van der Waals surface area contributed by atoms with Gasteiger partial charge in [0.15, 0.2) is 0 Å². The summed E-state index contributed by atoms with van der Waals surface area (Å²) >= 11 is 0. The van der Waals surface area contributed by atoms with E-state index >= 15 is 0 Å². The Labute approximate surface area is 162 Å². The molecule has 1 fully saturated rings. The molecule has 0 unspecified atom stereocenters.